The van der Waals surface area contributed by atoms with Gasteiger partial charge in [-0.3, -0.25) is 11.2 Å². The first-order valence-electron chi connectivity index (χ1n) is 8.07. The SMILES string of the molecule is CS(=O)(=O)n1ccc2cc(-c3c(Cl)cc(C4(N)N=C(N)NN4)cc3Cl)ccc21. The molecule has 0 saturated heterocycles. The molecule has 0 amide bonds. The van der Waals surface area contributed by atoms with Gasteiger partial charge >= 0.3 is 0 Å². The number of hydrogen-bond donors (Lipinski definition) is 4. The summed E-state index contributed by atoms with van der Waals surface area (Å²) in [5.41, 5.74) is 19.7. The molecule has 0 saturated carbocycles. The molecule has 1 aliphatic rings. The number of nitrogens with zero attached hydrogens (tertiary/aromatic N) is 2. The Bertz CT molecular complexity index is 1230. The second kappa shape index (κ2) is 6.36. The van der Waals surface area contributed by atoms with Crippen LogP contribution >= 0.6 is 23.2 Å². The van der Waals surface area contributed by atoms with Crippen molar-refractivity contribution in [1.29, 1.82) is 0 Å². The topological polar surface area (TPSA) is 128 Å². The second-order valence-electron chi connectivity index (χ2n) is 6.48. The summed E-state index contributed by atoms with van der Waals surface area (Å²) in [7, 11) is -3.39. The van der Waals surface area contributed by atoms with Crippen LogP contribution in [-0.2, 0) is 15.8 Å². The number of aromatic nitrogens is 1. The molecule has 1 unspecified atom stereocenters. The van der Waals surface area contributed by atoms with Gasteiger partial charge in [0.2, 0.25) is 21.8 Å². The van der Waals surface area contributed by atoms with Gasteiger partial charge in [-0.15, -0.1) is 0 Å². The lowest BCUT2D eigenvalue weighted by Crippen LogP contribution is -2.50. The summed E-state index contributed by atoms with van der Waals surface area (Å²) in [4.78, 5) is 4.12. The van der Waals surface area contributed by atoms with Crippen LogP contribution in [0.15, 0.2) is 47.6 Å². The molecular formula is C17H16Cl2N6O2S. The first-order valence-corrected chi connectivity index (χ1v) is 10.7. The maximum absolute atomic E-state index is 11.9. The third-order valence-electron chi connectivity index (χ3n) is 4.46. The van der Waals surface area contributed by atoms with Gasteiger partial charge in [-0.2, -0.15) is 5.43 Å². The van der Waals surface area contributed by atoms with E-state index >= 15 is 0 Å². The van der Waals surface area contributed by atoms with Gasteiger partial charge in [0.15, 0.2) is 0 Å². The second-order valence-corrected chi connectivity index (χ2v) is 9.15. The maximum atomic E-state index is 11.9. The van der Waals surface area contributed by atoms with Crippen molar-refractivity contribution in [2.45, 2.75) is 5.79 Å². The zero-order valence-corrected chi connectivity index (χ0v) is 16.9. The van der Waals surface area contributed by atoms with Crippen molar-refractivity contribution in [2.24, 2.45) is 16.5 Å². The average molecular weight is 439 g/mol. The van der Waals surface area contributed by atoms with Gasteiger partial charge in [0.1, 0.15) is 0 Å². The highest BCUT2D eigenvalue weighted by Gasteiger charge is 2.32. The number of hydrazine groups is 1. The first-order chi connectivity index (χ1) is 13.1. The number of aliphatic imine (C=N–C) groups is 1. The van der Waals surface area contributed by atoms with Crippen molar-refractivity contribution in [1.82, 2.24) is 14.8 Å². The molecule has 1 atom stereocenters. The van der Waals surface area contributed by atoms with Gasteiger partial charge in [0, 0.05) is 22.7 Å². The predicted octanol–water partition coefficient (Wildman–Crippen LogP) is 1.91. The quantitative estimate of drug-likeness (QED) is 0.494. The van der Waals surface area contributed by atoms with Crippen molar-refractivity contribution < 1.29 is 8.42 Å². The normalized spacial score (nSPS) is 19.6. The van der Waals surface area contributed by atoms with E-state index in [0.717, 1.165) is 17.2 Å². The molecule has 2 aromatic carbocycles. The lowest BCUT2D eigenvalue weighted by atomic mass is 10.00. The molecule has 0 bridgehead atoms. The van der Waals surface area contributed by atoms with E-state index in [1.54, 1.807) is 30.3 Å². The minimum Gasteiger partial charge on any atom is -0.369 e. The average Bonchev–Trinajstić information content (AvgIpc) is 3.17. The number of nitrogens with one attached hydrogen (secondary N) is 2. The monoisotopic (exact) mass is 438 g/mol. The molecule has 0 aliphatic carbocycles. The summed E-state index contributed by atoms with van der Waals surface area (Å²) in [6, 6.07) is 10.3. The molecule has 6 N–H and O–H groups in total. The van der Waals surface area contributed by atoms with Crippen molar-refractivity contribution >= 4 is 50.1 Å². The van der Waals surface area contributed by atoms with Gasteiger partial charge in [-0.05, 0) is 35.9 Å². The lowest BCUT2D eigenvalue weighted by molar-refractivity contribution is 0.375. The number of halogens is 2. The summed E-state index contributed by atoms with van der Waals surface area (Å²) < 4.78 is 25.0. The fraction of sp³-hybridized carbons (Fsp3) is 0.118. The highest BCUT2D eigenvalue weighted by atomic mass is 35.5. The van der Waals surface area contributed by atoms with E-state index in [2.05, 4.69) is 15.8 Å². The van der Waals surface area contributed by atoms with Crippen LogP contribution in [0.1, 0.15) is 5.56 Å². The van der Waals surface area contributed by atoms with Crippen LogP contribution in [0.5, 0.6) is 0 Å². The molecule has 1 aliphatic heterocycles. The van der Waals surface area contributed by atoms with E-state index in [9.17, 15) is 8.42 Å². The fourth-order valence-corrected chi connectivity index (χ4v) is 4.68. The maximum Gasteiger partial charge on any atom is 0.236 e. The molecule has 0 fully saturated rings. The summed E-state index contributed by atoms with van der Waals surface area (Å²) in [6.45, 7) is 0. The van der Waals surface area contributed by atoms with E-state index in [0.29, 0.717) is 26.7 Å². The molecule has 146 valence electrons. The molecule has 4 rings (SSSR count). The minimum absolute atomic E-state index is 0.152. The Morgan fingerprint density at radius 1 is 1.14 bits per heavy atom. The Labute approximate surface area is 171 Å². The zero-order chi connectivity index (χ0) is 20.3. The van der Waals surface area contributed by atoms with E-state index in [-0.39, 0.29) is 5.96 Å². The standard InChI is InChI=1S/C17H16Cl2N6O2S/c1-28(26,27)25-5-4-9-6-10(2-3-14(9)25)15-12(18)7-11(8-13(15)19)17(21)22-16(20)23-24-17/h2-8,24H,21H2,1H3,(H3,20,22,23). The van der Waals surface area contributed by atoms with E-state index in [1.165, 1.54) is 10.2 Å². The van der Waals surface area contributed by atoms with Crippen LogP contribution in [-0.4, -0.2) is 24.6 Å². The van der Waals surface area contributed by atoms with Crippen LogP contribution < -0.4 is 22.3 Å². The van der Waals surface area contributed by atoms with Gasteiger partial charge in [-0.1, -0.05) is 29.3 Å². The zero-order valence-electron chi connectivity index (χ0n) is 14.6. The highest BCUT2D eigenvalue weighted by Crippen LogP contribution is 2.39. The molecule has 0 spiro atoms. The third kappa shape index (κ3) is 3.11. The Kier molecular flexibility index (Phi) is 4.32. The molecular weight excluding hydrogens is 423 g/mol. The number of hydrogen-bond acceptors (Lipinski definition) is 7. The van der Waals surface area contributed by atoms with E-state index < -0.39 is 15.8 Å². The molecule has 0 radical (unpaired) electrons. The first kappa shape index (κ1) is 19.0. The summed E-state index contributed by atoms with van der Waals surface area (Å²) in [5, 5.41) is 1.49. The Hall–Kier alpha value is -2.30. The largest absolute Gasteiger partial charge is 0.369 e. The van der Waals surface area contributed by atoms with Gasteiger partial charge in [0.25, 0.3) is 0 Å². The van der Waals surface area contributed by atoms with Crippen LogP contribution in [0.2, 0.25) is 10.0 Å². The van der Waals surface area contributed by atoms with Gasteiger partial charge < -0.3 is 5.73 Å². The Balaban J connectivity index is 1.82. The number of benzene rings is 2. The summed E-state index contributed by atoms with van der Waals surface area (Å²) in [6.07, 6.45) is 2.66. The van der Waals surface area contributed by atoms with Gasteiger partial charge in [-0.25, -0.2) is 17.4 Å². The number of nitrogens with two attached hydrogens (primary N) is 2. The summed E-state index contributed by atoms with van der Waals surface area (Å²) in [5.74, 6) is -1.13. The molecule has 2 heterocycles. The van der Waals surface area contributed by atoms with Gasteiger partial charge in [0.05, 0.1) is 21.8 Å². The van der Waals surface area contributed by atoms with E-state index in [1.807, 2.05) is 6.07 Å². The summed E-state index contributed by atoms with van der Waals surface area (Å²) >= 11 is 13.0. The fourth-order valence-electron chi connectivity index (χ4n) is 3.17. The number of guanidine groups is 1. The van der Waals surface area contributed by atoms with Crippen molar-refractivity contribution in [3.63, 3.8) is 0 Å². The smallest absolute Gasteiger partial charge is 0.236 e. The lowest BCUT2D eigenvalue weighted by Gasteiger charge is -2.22. The Morgan fingerprint density at radius 3 is 2.39 bits per heavy atom. The molecule has 28 heavy (non-hydrogen) atoms. The Morgan fingerprint density at radius 2 is 1.82 bits per heavy atom. The molecule has 8 nitrogen and oxygen atoms in total. The van der Waals surface area contributed by atoms with Crippen LogP contribution in [0.4, 0.5) is 0 Å². The molecule has 11 heteroatoms. The minimum atomic E-state index is -3.39. The number of rotatable bonds is 3. The van der Waals surface area contributed by atoms with Crippen molar-refractivity contribution in [3.8, 4) is 11.1 Å². The van der Waals surface area contributed by atoms with Crippen molar-refractivity contribution in [2.75, 3.05) is 6.26 Å². The highest BCUT2D eigenvalue weighted by molar-refractivity contribution is 7.89. The molecule has 3 aromatic rings. The predicted molar refractivity (Wildman–Crippen MR) is 111 cm³/mol. The molecule has 1 aromatic heterocycles. The third-order valence-corrected chi connectivity index (χ3v) is 6.09. The number of fused-ring (bicyclic) bond motifs is 1. The van der Waals surface area contributed by atoms with Crippen LogP contribution in [0, 0.1) is 0 Å². The van der Waals surface area contributed by atoms with Crippen molar-refractivity contribution in [3.05, 3.63) is 58.2 Å². The van der Waals surface area contributed by atoms with Crippen LogP contribution in [0.25, 0.3) is 22.0 Å². The van der Waals surface area contributed by atoms with Crippen LogP contribution in [0.3, 0.4) is 0 Å². The van der Waals surface area contributed by atoms with E-state index in [4.69, 9.17) is 34.7 Å².